The predicted octanol–water partition coefficient (Wildman–Crippen LogP) is 3.09. The van der Waals surface area contributed by atoms with Crippen LogP contribution in [0.3, 0.4) is 0 Å². The summed E-state index contributed by atoms with van der Waals surface area (Å²) in [7, 11) is 0. The first-order chi connectivity index (χ1) is 15.0. The SMILES string of the molecule is CCOc1ccccc1N1CCN(C(=O)[C@H]2CC(=O)N(Cc3ccc(C)cc3)C2)CC1. The van der Waals surface area contributed by atoms with E-state index in [2.05, 4.69) is 42.2 Å². The van der Waals surface area contributed by atoms with Crippen molar-refractivity contribution in [2.75, 3.05) is 44.2 Å². The number of benzene rings is 2. The minimum absolute atomic E-state index is 0.0724. The van der Waals surface area contributed by atoms with E-state index in [4.69, 9.17) is 4.74 Å². The van der Waals surface area contributed by atoms with Crippen LogP contribution < -0.4 is 9.64 Å². The molecule has 0 bridgehead atoms. The number of carbonyl (C=O) groups excluding carboxylic acids is 2. The molecule has 31 heavy (non-hydrogen) atoms. The van der Waals surface area contributed by atoms with E-state index in [9.17, 15) is 9.59 Å². The van der Waals surface area contributed by atoms with Gasteiger partial charge >= 0.3 is 0 Å². The van der Waals surface area contributed by atoms with Crippen molar-refractivity contribution in [2.24, 2.45) is 5.92 Å². The number of nitrogens with zero attached hydrogens (tertiary/aromatic N) is 3. The summed E-state index contributed by atoms with van der Waals surface area (Å²) in [5, 5.41) is 0. The van der Waals surface area contributed by atoms with Gasteiger partial charge in [-0.1, -0.05) is 42.0 Å². The average molecular weight is 422 g/mol. The lowest BCUT2D eigenvalue weighted by Gasteiger charge is -2.37. The molecule has 2 saturated heterocycles. The molecule has 2 heterocycles. The van der Waals surface area contributed by atoms with Gasteiger partial charge in [-0.05, 0) is 31.5 Å². The first kappa shape index (κ1) is 21.2. The number of carbonyl (C=O) groups is 2. The Kier molecular flexibility index (Phi) is 6.44. The van der Waals surface area contributed by atoms with Crippen LogP contribution in [0.1, 0.15) is 24.5 Å². The molecule has 1 atom stereocenters. The number of hydrogen-bond acceptors (Lipinski definition) is 4. The lowest BCUT2D eigenvalue weighted by Crippen LogP contribution is -2.50. The number of rotatable bonds is 6. The van der Waals surface area contributed by atoms with E-state index in [0.717, 1.165) is 30.1 Å². The van der Waals surface area contributed by atoms with Crippen LogP contribution in [0.15, 0.2) is 48.5 Å². The topological polar surface area (TPSA) is 53.1 Å². The van der Waals surface area contributed by atoms with Crippen molar-refractivity contribution in [3.63, 3.8) is 0 Å². The van der Waals surface area contributed by atoms with Crippen molar-refractivity contribution in [2.45, 2.75) is 26.8 Å². The van der Waals surface area contributed by atoms with E-state index in [1.54, 1.807) is 0 Å². The fourth-order valence-electron chi connectivity index (χ4n) is 4.43. The van der Waals surface area contributed by atoms with Crippen molar-refractivity contribution < 1.29 is 14.3 Å². The Bertz CT molecular complexity index is 920. The predicted molar refractivity (Wildman–Crippen MR) is 121 cm³/mol. The summed E-state index contributed by atoms with van der Waals surface area (Å²) < 4.78 is 5.76. The Balaban J connectivity index is 1.33. The fraction of sp³-hybridized carbons (Fsp3) is 0.440. The molecule has 2 fully saturated rings. The molecule has 6 nitrogen and oxygen atoms in total. The molecule has 0 spiro atoms. The molecule has 0 aliphatic carbocycles. The van der Waals surface area contributed by atoms with E-state index in [0.29, 0.717) is 39.2 Å². The van der Waals surface area contributed by atoms with Gasteiger partial charge in [-0.15, -0.1) is 0 Å². The zero-order valence-corrected chi connectivity index (χ0v) is 18.4. The molecule has 2 aliphatic heterocycles. The number of hydrogen-bond donors (Lipinski definition) is 0. The van der Waals surface area contributed by atoms with Gasteiger partial charge in [0.1, 0.15) is 5.75 Å². The van der Waals surface area contributed by atoms with Crippen LogP contribution in [-0.2, 0) is 16.1 Å². The lowest BCUT2D eigenvalue weighted by molar-refractivity contribution is -0.136. The van der Waals surface area contributed by atoms with Crippen LogP contribution >= 0.6 is 0 Å². The Morgan fingerprint density at radius 1 is 1.03 bits per heavy atom. The molecule has 4 rings (SSSR count). The van der Waals surface area contributed by atoms with Gasteiger partial charge in [-0.25, -0.2) is 0 Å². The van der Waals surface area contributed by atoms with Crippen LogP contribution in [0.5, 0.6) is 5.75 Å². The van der Waals surface area contributed by atoms with E-state index >= 15 is 0 Å². The first-order valence-corrected chi connectivity index (χ1v) is 11.1. The monoisotopic (exact) mass is 421 g/mol. The molecule has 0 radical (unpaired) electrons. The highest BCUT2D eigenvalue weighted by molar-refractivity contribution is 5.89. The van der Waals surface area contributed by atoms with Crippen molar-refractivity contribution in [1.29, 1.82) is 0 Å². The second kappa shape index (κ2) is 9.41. The highest BCUT2D eigenvalue weighted by atomic mass is 16.5. The molecule has 0 saturated carbocycles. The third-order valence-electron chi connectivity index (χ3n) is 6.15. The standard InChI is InChI=1S/C25H31N3O3/c1-3-31-23-7-5-4-6-22(23)26-12-14-27(15-13-26)25(30)21-16-24(29)28(18-21)17-20-10-8-19(2)9-11-20/h4-11,21H,3,12-18H2,1-2H3/t21-/m0/s1. The summed E-state index contributed by atoms with van der Waals surface area (Å²) >= 11 is 0. The fourth-order valence-corrected chi connectivity index (χ4v) is 4.43. The minimum atomic E-state index is -0.236. The van der Waals surface area contributed by atoms with Gasteiger partial charge in [-0.3, -0.25) is 9.59 Å². The maximum absolute atomic E-state index is 13.1. The number of anilines is 1. The number of piperazine rings is 1. The quantitative estimate of drug-likeness (QED) is 0.719. The van der Waals surface area contributed by atoms with Gasteiger partial charge in [0.2, 0.25) is 11.8 Å². The van der Waals surface area contributed by atoms with Crippen LogP contribution in [0.2, 0.25) is 0 Å². The molecule has 2 aromatic rings. The number of likely N-dealkylation sites (tertiary alicyclic amines) is 1. The summed E-state index contributed by atoms with van der Waals surface area (Å²) in [6.07, 6.45) is 0.318. The van der Waals surface area contributed by atoms with E-state index in [1.807, 2.05) is 34.9 Å². The smallest absolute Gasteiger partial charge is 0.228 e. The molecular formula is C25H31N3O3. The number of aryl methyl sites for hydroxylation is 1. The number of para-hydroxylation sites is 2. The van der Waals surface area contributed by atoms with E-state index in [1.165, 1.54) is 5.56 Å². The summed E-state index contributed by atoms with van der Waals surface area (Å²) in [6.45, 7) is 8.62. The van der Waals surface area contributed by atoms with E-state index in [-0.39, 0.29) is 17.7 Å². The van der Waals surface area contributed by atoms with Crippen LogP contribution in [0.4, 0.5) is 5.69 Å². The normalized spacial score (nSPS) is 19.1. The average Bonchev–Trinajstić information content (AvgIpc) is 3.16. The summed E-state index contributed by atoms with van der Waals surface area (Å²) in [6, 6.07) is 16.3. The molecule has 6 heteroatoms. The first-order valence-electron chi connectivity index (χ1n) is 11.1. The molecular weight excluding hydrogens is 390 g/mol. The van der Waals surface area contributed by atoms with E-state index < -0.39 is 0 Å². The third kappa shape index (κ3) is 4.84. The van der Waals surface area contributed by atoms with Crippen molar-refractivity contribution in [1.82, 2.24) is 9.80 Å². The van der Waals surface area contributed by atoms with Crippen LogP contribution in [0.25, 0.3) is 0 Å². The van der Waals surface area contributed by atoms with Crippen LogP contribution in [-0.4, -0.2) is 60.9 Å². The zero-order valence-electron chi connectivity index (χ0n) is 18.4. The molecule has 164 valence electrons. The van der Waals surface area contributed by atoms with Crippen molar-refractivity contribution >= 4 is 17.5 Å². The van der Waals surface area contributed by atoms with Gasteiger partial charge in [0.25, 0.3) is 0 Å². The molecule has 0 unspecified atom stereocenters. The van der Waals surface area contributed by atoms with Gasteiger partial charge in [-0.2, -0.15) is 0 Å². The highest BCUT2D eigenvalue weighted by Crippen LogP contribution is 2.29. The van der Waals surface area contributed by atoms with Gasteiger partial charge in [0.05, 0.1) is 18.2 Å². The number of ether oxygens (including phenoxy) is 1. The Hall–Kier alpha value is -3.02. The Morgan fingerprint density at radius 3 is 2.45 bits per heavy atom. The maximum Gasteiger partial charge on any atom is 0.228 e. The zero-order chi connectivity index (χ0) is 21.8. The largest absolute Gasteiger partial charge is 0.492 e. The summed E-state index contributed by atoms with van der Waals surface area (Å²) in [5.74, 6) is 0.832. The molecule has 2 amide bonds. The second-order valence-electron chi connectivity index (χ2n) is 8.37. The molecule has 2 aliphatic rings. The highest BCUT2D eigenvalue weighted by Gasteiger charge is 2.37. The van der Waals surface area contributed by atoms with Crippen molar-refractivity contribution in [3.8, 4) is 5.75 Å². The summed E-state index contributed by atoms with van der Waals surface area (Å²) in [4.78, 5) is 31.6. The second-order valence-corrected chi connectivity index (χ2v) is 8.37. The van der Waals surface area contributed by atoms with Crippen LogP contribution in [0, 0.1) is 12.8 Å². The van der Waals surface area contributed by atoms with Gasteiger partial charge < -0.3 is 19.4 Å². The maximum atomic E-state index is 13.1. The lowest BCUT2D eigenvalue weighted by atomic mass is 10.1. The molecule has 0 aromatic heterocycles. The van der Waals surface area contributed by atoms with Gasteiger partial charge in [0, 0.05) is 45.7 Å². The third-order valence-corrected chi connectivity index (χ3v) is 6.15. The number of amides is 2. The minimum Gasteiger partial charge on any atom is -0.492 e. The Morgan fingerprint density at radius 2 is 1.74 bits per heavy atom. The molecule has 0 N–H and O–H groups in total. The Labute approximate surface area is 184 Å². The summed E-state index contributed by atoms with van der Waals surface area (Å²) in [5.41, 5.74) is 3.39. The van der Waals surface area contributed by atoms with Gasteiger partial charge in [0.15, 0.2) is 0 Å². The van der Waals surface area contributed by atoms with Crippen molar-refractivity contribution in [3.05, 3.63) is 59.7 Å². The molecule has 2 aromatic carbocycles.